The van der Waals surface area contributed by atoms with Gasteiger partial charge in [-0.05, 0) is 93.1 Å². The van der Waals surface area contributed by atoms with Crippen LogP contribution in [-0.2, 0) is 26.2 Å². The molecule has 0 unspecified atom stereocenters. The Hall–Kier alpha value is -3.85. The molecule has 0 heterocycles. The molecule has 1 N–H and O–H groups in total. The third-order valence-corrected chi connectivity index (χ3v) is 10.0. The number of sulfonamides is 1. The smallest absolute Gasteiger partial charge is 0.264 e. The van der Waals surface area contributed by atoms with E-state index in [2.05, 4.69) is 5.32 Å². The minimum Gasteiger partial charge on any atom is -0.497 e. The quantitative estimate of drug-likeness (QED) is 0.266. The highest BCUT2D eigenvalue weighted by atomic mass is 32.2. The number of anilines is 1. The number of carbonyl (C=O) groups is 2. The maximum absolute atomic E-state index is 14.4. The molecule has 0 saturated heterocycles. The van der Waals surface area contributed by atoms with Gasteiger partial charge in [0.2, 0.25) is 11.8 Å². The highest BCUT2D eigenvalue weighted by Crippen LogP contribution is 2.27. The van der Waals surface area contributed by atoms with E-state index in [1.165, 1.54) is 9.21 Å². The van der Waals surface area contributed by atoms with Gasteiger partial charge in [-0.3, -0.25) is 13.9 Å². The van der Waals surface area contributed by atoms with Crippen molar-refractivity contribution in [2.75, 3.05) is 18.0 Å². The van der Waals surface area contributed by atoms with E-state index in [0.717, 1.165) is 54.4 Å². The van der Waals surface area contributed by atoms with Gasteiger partial charge in [-0.25, -0.2) is 8.42 Å². The summed E-state index contributed by atoms with van der Waals surface area (Å²) in [5.74, 6) is 0.0146. The Bertz CT molecular complexity index is 1510. The van der Waals surface area contributed by atoms with E-state index in [1.54, 1.807) is 43.5 Å². The maximum atomic E-state index is 14.4. The van der Waals surface area contributed by atoms with Gasteiger partial charge in [-0.1, -0.05) is 62.1 Å². The van der Waals surface area contributed by atoms with Gasteiger partial charge in [-0.15, -0.1) is 0 Å². The topological polar surface area (TPSA) is 96.0 Å². The molecule has 44 heavy (non-hydrogen) atoms. The number of hydrogen-bond donors (Lipinski definition) is 1. The Morgan fingerprint density at radius 1 is 0.886 bits per heavy atom. The first kappa shape index (κ1) is 33.1. The minimum atomic E-state index is -4.12. The van der Waals surface area contributed by atoms with Crippen molar-refractivity contribution in [2.24, 2.45) is 0 Å². The zero-order valence-corrected chi connectivity index (χ0v) is 27.3. The molecule has 0 spiro atoms. The molecule has 1 atom stereocenters. The van der Waals surface area contributed by atoms with Gasteiger partial charge in [0.05, 0.1) is 17.7 Å². The second-order valence-corrected chi connectivity index (χ2v) is 13.7. The molecular weight excluding hydrogens is 574 g/mol. The largest absolute Gasteiger partial charge is 0.497 e. The molecule has 1 aliphatic carbocycles. The summed E-state index contributed by atoms with van der Waals surface area (Å²) >= 11 is 0. The Labute approximate surface area is 262 Å². The van der Waals surface area contributed by atoms with E-state index in [0.29, 0.717) is 17.9 Å². The predicted octanol–water partition coefficient (Wildman–Crippen LogP) is 6.07. The Kier molecular flexibility index (Phi) is 11.1. The summed E-state index contributed by atoms with van der Waals surface area (Å²) in [4.78, 5) is 29.7. The first-order valence-electron chi connectivity index (χ1n) is 15.4. The number of hydrogen-bond acceptors (Lipinski definition) is 5. The second kappa shape index (κ2) is 14.8. The van der Waals surface area contributed by atoms with Gasteiger partial charge < -0.3 is 15.0 Å². The summed E-state index contributed by atoms with van der Waals surface area (Å²) in [6.45, 7) is 7.25. The van der Waals surface area contributed by atoms with Gasteiger partial charge in [-0.2, -0.15) is 0 Å². The van der Waals surface area contributed by atoms with Crippen molar-refractivity contribution in [1.82, 2.24) is 10.2 Å². The fourth-order valence-electron chi connectivity index (χ4n) is 5.85. The Morgan fingerprint density at radius 3 is 2.07 bits per heavy atom. The average Bonchev–Trinajstić information content (AvgIpc) is 3.00. The van der Waals surface area contributed by atoms with Crippen LogP contribution in [0.2, 0.25) is 0 Å². The summed E-state index contributed by atoms with van der Waals surface area (Å²) in [6.07, 6.45) is 5.52. The lowest BCUT2D eigenvalue weighted by molar-refractivity contribution is -0.140. The van der Waals surface area contributed by atoms with Crippen molar-refractivity contribution in [1.29, 1.82) is 0 Å². The van der Waals surface area contributed by atoms with E-state index in [1.807, 2.05) is 58.0 Å². The zero-order valence-electron chi connectivity index (χ0n) is 26.5. The second-order valence-electron chi connectivity index (χ2n) is 11.8. The van der Waals surface area contributed by atoms with Crippen LogP contribution in [0.25, 0.3) is 0 Å². The summed E-state index contributed by atoms with van der Waals surface area (Å²) < 4.78 is 34.8. The molecule has 3 aromatic rings. The molecule has 1 fully saturated rings. The lowest BCUT2D eigenvalue weighted by Gasteiger charge is -2.34. The molecule has 4 rings (SSSR count). The van der Waals surface area contributed by atoms with E-state index in [-0.39, 0.29) is 23.4 Å². The number of carbonyl (C=O) groups excluding carboxylic acids is 2. The fourth-order valence-corrected chi connectivity index (χ4v) is 7.25. The monoisotopic (exact) mass is 619 g/mol. The van der Waals surface area contributed by atoms with Crippen molar-refractivity contribution in [3.8, 4) is 5.75 Å². The van der Waals surface area contributed by atoms with Gasteiger partial charge in [0.15, 0.2) is 0 Å². The van der Waals surface area contributed by atoms with Crippen LogP contribution in [0, 0.1) is 20.8 Å². The van der Waals surface area contributed by atoms with Crippen LogP contribution in [0.1, 0.15) is 67.7 Å². The number of ether oxygens (including phenoxy) is 1. The highest BCUT2D eigenvalue weighted by molar-refractivity contribution is 7.92. The molecule has 0 aromatic heterocycles. The normalized spacial score (nSPS) is 14.5. The van der Waals surface area contributed by atoms with Gasteiger partial charge in [0.25, 0.3) is 10.0 Å². The van der Waals surface area contributed by atoms with Crippen LogP contribution in [0.15, 0.2) is 71.6 Å². The third kappa shape index (κ3) is 8.20. The number of methoxy groups -OCH3 is 1. The number of nitrogens with one attached hydrogen (secondary N) is 1. The SMILES string of the molecule is CC[C@@H](C(=O)NC1CCCCC1)N(Cc1ccc(OC)cc1)C(=O)CN(c1cc(C)cc(C)c1)S(=O)(=O)c1ccc(C)cc1. The van der Waals surface area contributed by atoms with Crippen LogP contribution in [-0.4, -0.2) is 50.9 Å². The molecule has 1 saturated carbocycles. The molecule has 3 aromatic carbocycles. The third-order valence-electron chi connectivity index (χ3n) is 8.23. The molecule has 0 radical (unpaired) electrons. The van der Waals surface area contributed by atoms with Gasteiger partial charge >= 0.3 is 0 Å². The van der Waals surface area contributed by atoms with E-state index in [4.69, 9.17) is 4.74 Å². The first-order valence-corrected chi connectivity index (χ1v) is 16.9. The lowest BCUT2D eigenvalue weighted by atomic mass is 9.95. The molecule has 9 heteroatoms. The van der Waals surface area contributed by atoms with Crippen LogP contribution >= 0.6 is 0 Å². The minimum absolute atomic E-state index is 0.0805. The van der Waals surface area contributed by atoms with Crippen molar-refractivity contribution >= 4 is 27.5 Å². The van der Waals surface area contributed by atoms with Crippen molar-refractivity contribution < 1.29 is 22.7 Å². The van der Waals surface area contributed by atoms with Gasteiger partial charge in [0, 0.05) is 12.6 Å². The number of amides is 2. The Morgan fingerprint density at radius 2 is 1.50 bits per heavy atom. The summed E-state index contributed by atoms with van der Waals surface area (Å²) in [7, 11) is -2.53. The highest BCUT2D eigenvalue weighted by Gasteiger charge is 2.34. The van der Waals surface area contributed by atoms with Crippen LogP contribution in [0.4, 0.5) is 5.69 Å². The lowest BCUT2D eigenvalue weighted by Crippen LogP contribution is -2.54. The molecule has 8 nitrogen and oxygen atoms in total. The first-order chi connectivity index (χ1) is 21.0. The number of benzene rings is 3. The zero-order chi connectivity index (χ0) is 31.9. The van der Waals surface area contributed by atoms with E-state index in [9.17, 15) is 18.0 Å². The molecule has 0 bridgehead atoms. The standard InChI is InChI=1S/C35H45N3O5S/c1-6-33(35(40)36-29-10-8-7-9-11-29)37(23-28-14-16-31(43-5)17-15-28)34(39)24-38(30-21-26(3)20-27(4)22-30)44(41,42)32-18-12-25(2)13-19-32/h12-22,29,33H,6-11,23-24H2,1-5H3,(H,36,40)/t33-/m0/s1. The Balaban J connectivity index is 1.73. The summed E-state index contributed by atoms with van der Waals surface area (Å²) in [5, 5.41) is 3.19. The van der Waals surface area contributed by atoms with Gasteiger partial charge in [0.1, 0.15) is 18.3 Å². The number of rotatable bonds is 12. The number of aryl methyl sites for hydroxylation is 3. The van der Waals surface area contributed by atoms with Crippen LogP contribution in [0.5, 0.6) is 5.75 Å². The summed E-state index contributed by atoms with van der Waals surface area (Å²) in [6, 6.07) is 18.8. The van der Waals surface area contributed by atoms with Crippen LogP contribution < -0.4 is 14.4 Å². The molecule has 0 aliphatic heterocycles. The molecular formula is C35H45N3O5S. The molecule has 2 amide bonds. The predicted molar refractivity (Wildman–Crippen MR) is 174 cm³/mol. The number of nitrogens with zero attached hydrogens (tertiary/aromatic N) is 2. The maximum Gasteiger partial charge on any atom is 0.264 e. The fraction of sp³-hybridized carbons (Fsp3) is 0.429. The van der Waals surface area contributed by atoms with Crippen LogP contribution in [0.3, 0.4) is 0 Å². The molecule has 236 valence electrons. The summed E-state index contributed by atoms with van der Waals surface area (Å²) in [5.41, 5.74) is 3.90. The van der Waals surface area contributed by atoms with E-state index >= 15 is 0 Å². The van der Waals surface area contributed by atoms with Crippen molar-refractivity contribution in [2.45, 2.75) is 89.7 Å². The van der Waals surface area contributed by atoms with Crippen molar-refractivity contribution in [3.05, 3.63) is 89.0 Å². The van der Waals surface area contributed by atoms with E-state index < -0.39 is 28.5 Å². The molecule has 1 aliphatic rings. The van der Waals surface area contributed by atoms with Crippen molar-refractivity contribution in [3.63, 3.8) is 0 Å². The average molecular weight is 620 g/mol.